The number of rotatable bonds is 8. The Balaban J connectivity index is 1.68. The fourth-order valence-electron chi connectivity index (χ4n) is 6.42. The fraction of sp³-hybridized carbons (Fsp3) is 0.625. The first-order valence-corrected chi connectivity index (χ1v) is 14.2. The number of ether oxygens (including phenoxy) is 2. The lowest BCUT2D eigenvalue weighted by Crippen LogP contribution is -2.49. The van der Waals surface area contributed by atoms with Crippen molar-refractivity contribution in [2.45, 2.75) is 91.1 Å². The molecule has 208 valence electrons. The second-order valence-corrected chi connectivity index (χ2v) is 12.3. The summed E-state index contributed by atoms with van der Waals surface area (Å²) in [7, 11) is 0. The summed E-state index contributed by atoms with van der Waals surface area (Å²) in [6.45, 7) is 10.1. The van der Waals surface area contributed by atoms with Gasteiger partial charge in [-0.2, -0.15) is 0 Å². The van der Waals surface area contributed by atoms with Crippen LogP contribution in [0, 0.1) is 35.0 Å². The number of cyclic esters (lactones) is 1. The van der Waals surface area contributed by atoms with Gasteiger partial charge >= 0.3 is 11.9 Å². The third kappa shape index (κ3) is 6.07. The average molecular weight is 525 g/mol. The van der Waals surface area contributed by atoms with Crippen molar-refractivity contribution in [1.29, 1.82) is 0 Å². The molecule has 2 N–H and O–H groups in total. The van der Waals surface area contributed by atoms with Gasteiger partial charge in [0.2, 0.25) is 0 Å². The number of esters is 2. The third-order valence-electron chi connectivity index (χ3n) is 9.15. The van der Waals surface area contributed by atoms with Crippen molar-refractivity contribution in [3.63, 3.8) is 0 Å². The summed E-state index contributed by atoms with van der Waals surface area (Å²) in [6, 6.07) is 9.62. The van der Waals surface area contributed by atoms with E-state index in [9.17, 15) is 19.8 Å². The standard InChI is InChI=1S/C32H44O6/c1-6-32(4,5)31(36)38-30-27(29(35)21-10-8-7-9-11-21)20(3)16-22-13-12-19(2)25(28(22)30)15-14-24-17-23(33)18-26(34)37-24/h7-13,16,19-20,23-25,27-30,33,35H,6,14-15,17-18H2,1-5H3/t19-,20-,23+,24+,25-,27-,28?,29-,30-/m0/s1. The maximum atomic E-state index is 13.5. The molecule has 0 amide bonds. The van der Waals surface area contributed by atoms with Crippen LogP contribution in [0.3, 0.4) is 0 Å². The van der Waals surface area contributed by atoms with Crippen molar-refractivity contribution in [3.05, 3.63) is 59.7 Å². The highest BCUT2D eigenvalue weighted by Crippen LogP contribution is 2.50. The zero-order valence-electron chi connectivity index (χ0n) is 23.4. The van der Waals surface area contributed by atoms with Gasteiger partial charge in [0.1, 0.15) is 12.2 Å². The SMILES string of the molecule is CCC(C)(C)C(=O)O[C@@H]1C2C(=C[C@H](C)[C@H]1[C@@H](O)c1ccccc1)C=C[C@H](C)[C@@H]2CC[C@@H]1C[C@@H](O)CC(=O)O1. The summed E-state index contributed by atoms with van der Waals surface area (Å²) in [5.74, 6) is -0.652. The Labute approximate surface area is 227 Å². The van der Waals surface area contributed by atoms with Gasteiger partial charge in [0.05, 0.1) is 24.0 Å². The molecule has 1 aliphatic heterocycles. The first-order chi connectivity index (χ1) is 18.0. The van der Waals surface area contributed by atoms with Crippen molar-refractivity contribution >= 4 is 11.9 Å². The lowest BCUT2D eigenvalue weighted by molar-refractivity contribution is -0.174. The van der Waals surface area contributed by atoms with Crippen molar-refractivity contribution < 1.29 is 29.3 Å². The molecule has 1 aromatic carbocycles. The molecule has 9 atom stereocenters. The molecular weight excluding hydrogens is 480 g/mol. The highest BCUT2D eigenvalue weighted by molar-refractivity contribution is 5.76. The monoisotopic (exact) mass is 524 g/mol. The van der Waals surface area contributed by atoms with Crippen LogP contribution >= 0.6 is 0 Å². The van der Waals surface area contributed by atoms with Gasteiger partial charge < -0.3 is 19.7 Å². The zero-order valence-corrected chi connectivity index (χ0v) is 23.4. The van der Waals surface area contributed by atoms with E-state index < -0.39 is 23.7 Å². The summed E-state index contributed by atoms with van der Waals surface area (Å²) in [6.07, 6.45) is 6.88. The molecule has 0 bridgehead atoms. The minimum Gasteiger partial charge on any atom is -0.462 e. The van der Waals surface area contributed by atoms with Crippen LogP contribution in [0.4, 0.5) is 0 Å². The fourth-order valence-corrected chi connectivity index (χ4v) is 6.42. The first kappa shape index (κ1) is 28.6. The van der Waals surface area contributed by atoms with E-state index in [1.807, 2.05) is 51.1 Å². The maximum absolute atomic E-state index is 13.5. The number of allylic oxidation sites excluding steroid dienone is 3. The molecule has 2 aliphatic carbocycles. The van der Waals surface area contributed by atoms with Crippen LogP contribution in [-0.2, 0) is 19.1 Å². The summed E-state index contributed by atoms with van der Waals surface area (Å²) in [4.78, 5) is 25.4. The van der Waals surface area contributed by atoms with E-state index >= 15 is 0 Å². The summed E-state index contributed by atoms with van der Waals surface area (Å²) in [5, 5.41) is 21.8. The van der Waals surface area contributed by atoms with Crippen LogP contribution in [-0.4, -0.2) is 40.5 Å². The van der Waals surface area contributed by atoms with Crippen molar-refractivity contribution in [2.75, 3.05) is 0 Å². The molecule has 6 nitrogen and oxygen atoms in total. The summed E-state index contributed by atoms with van der Waals surface area (Å²) in [5.41, 5.74) is 1.33. The smallest absolute Gasteiger partial charge is 0.311 e. The van der Waals surface area contributed by atoms with Gasteiger partial charge in [0, 0.05) is 18.3 Å². The molecule has 1 unspecified atom stereocenters. The predicted octanol–water partition coefficient (Wildman–Crippen LogP) is 5.55. The van der Waals surface area contributed by atoms with E-state index in [1.54, 1.807) is 0 Å². The molecule has 1 heterocycles. The Morgan fingerprint density at radius 2 is 1.87 bits per heavy atom. The van der Waals surface area contributed by atoms with Crippen LogP contribution < -0.4 is 0 Å². The highest BCUT2D eigenvalue weighted by Gasteiger charge is 2.50. The molecule has 38 heavy (non-hydrogen) atoms. The number of carbonyl (C=O) groups is 2. The number of fused-ring (bicyclic) bond motifs is 1. The average Bonchev–Trinajstić information content (AvgIpc) is 2.88. The van der Waals surface area contributed by atoms with Crippen molar-refractivity contribution in [2.24, 2.45) is 35.0 Å². The quantitative estimate of drug-likeness (QED) is 0.434. The molecule has 3 aliphatic rings. The second-order valence-electron chi connectivity index (χ2n) is 12.3. The Bertz CT molecular complexity index is 1040. The summed E-state index contributed by atoms with van der Waals surface area (Å²) < 4.78 is 12.0. The molecule has 1 saturated heterocycles. The van der Waals surface area contributed by atoms with E-state index in [-0.39, 0.29) is 54.1 Å². The van der Waals surface area contributed by atoms with E-state index in [2.05, 4.69) is 32.1 Å². The first-order valence-electron chi connectivity index (χ1n) is 14.2. The van der Waals surface area contributed by atoms with E-state index in [0.29, 0.717) is 19.3 Å². The Kier molecular flexibility index (Phi) is 8.83. The predicted molar refractivity (Wildman–Crippen MR) is 146 cm³/mol. The maximum Gasteiger partial charge on any atom is 0.311 e. The number of aliphatic hydroxyl groups is 2. The zero-order chi connectivity index (χ0) is 27.6. The second kappa shape index (κ2) is 11.7. The number of carbonyl (C=O) groups excluding carboxylic acids is 2. The number of hydrogen-bond acceptors (Lipinski definition) is 6. The van der Waals surface area contributed by atoms with Crippen LogP contribution in [0.5, 0.6) is 0 Å². The molecule has 0 radical (unpaired) electrons. The van der Waals surface area contributed by atoms with Crippen LogP contribution in [0.15, 0.2) is 54.1 Å². The van der Waals surface area contributed by atoms with Gasteiger partial charge in [-0.3, -0.25) is 9.59 Å². The number of benzene rings is 1. The lowest BCUT2D eigenvalue weighted by atomic mass is 9.60. The Morgan fingerprint density at radius 3 is 2.53 bits per heavy atom. The van der Waals surface area contributed by atoms with Gasteiger partial charge in [-0.1, -0.05) is 69.3 Å². The van der Waals surface area contributed by atoms with Crippen molar-refractivity contribution in [1.82, 2.24) is 0 Å². The highest BCUT2D eigenvalue weighted by atomic mass is 16.6. The minimum atomic E-state index is -0.789. The normalized spacial score (nSPS) is 34.1. The Morgan fingerprint density at radius 1 is 1.16 bits per heavy atom. The van der Waals surface area contributed by atoms with Gasteiger partial charge in [-0.25, -0.2) is 0 Å². The summed E-state index contributed by atoms with van der Waals surface area (Å²) >= 11 is 0. The molecule has 6 heteroatoms. The molecule has 1 aromatic rings. The molecule has 4 rings (SSSR count). The largest absolute Gasteiger partial charge is 0.462 e. The van der Waals surface area contributed by atoms with Crippen LogP contribution in [0.25, 0.3) is 0 Å². The van der Waals surface area contributed by atoms with E-state index in [1.165, 1.54) is 0 Å². The molecule has 0 aromatic heterocycles. The molecular formula is C32H44O6. The van der Waals surface area contributed by atoms with Crippen LogP contribution in [0.2, 0.25) is 0 Å². The lowest BCUT2D eigenvalue weighted by Gasteiger charge is -2.48. The van der Waals surface area contributed by atoms with Crippen LogP contribution in [0.1, 0.15) is 78.4 Å². The molecule has 0 spiro atoms. The van der Waals surface area contributed by atoms with E-state index in [4.69, 9.17) is 9.47 Å². The van der Waals surface area contributed by atoms with Gasteiger partial charge in [0.15, 0.2) is 0 Å². The topological polar surface area (TPSA) is 93.1 Å². The van der Waals surface area contributed by atoms with Gasteiger partial charge in [-0.05, 0) is 62.0 Å². The Hall–Kier alpha value is -2.44. The minimum absolute atomic E-state index is 0.00727. The van der Waals surface area contributed by atoms with Gasteiger partial charge in [-0.15, -0.1) is 0 Å². The van der Waals surface area contributed by atoms with E-state index in [0.717, 1.165) is 17.6 Å². The number of aliphatic hydroxyl groups excluding tert-OH is 2. The number of hydrogen-bond donors (Lipinski definition) is 2. The van der Waals surface area contributed by atoms with Gasteiger partial charge in [0.25, 0.3) is 0 Å². The third-order valence-corrected chi connectivity index (χ3v) is 9.15. The molecule has 1 fully saturated rings. The van der Waals surface area contributed by atoms with Crippen molar-refractivity contribution in [3.8, 4) is 0 Å². The molecule has 0 saturated carbocycles.